The molecule has 0 saturated carbocycles. The maximum Gasteiger partial charge on any atom is 0.245 e. The topological polar surface area (TPSA) is 88.2 Å². The Bertz CT molecular complexity index is 1050. The molecule has 2 amide bonds. The van der Waals surface area contributed by atoms with Gasteiger partial charge in [0.2, 0.25) is 11.8 Å². The maximum absolute atomic E-state index is 13.2. The molecule has 0 radical (unpaired) electrons. The number of hydrogen-bond donors (Lipinski definition) is 2. The summed E-state index contributed by atoms with van der Waals surface area (Å²) in [6.45, 7) is 1.18. The summed E-state index contributed by atoms with van der Waals surface area (Å²) in [5.41, 5.74) is 1.80. The van der Waals surface area contributed by atoms with E-state index in [-0.39, 0.29) is 23.9 Å². The van der Waals surface area contributed by atoms with Crippen LogP contribution in [0.5, 0.6) is 0 Å². The van der Waals surface area contributed by atoms with Gasteiger partial charge >= 0.3 is 0 Å². The van der Waals surface area contributed by atoms with Crippen molar-refractivity contribution in [2.24, 2.45) is 0 Å². The molecule has 1 heterocycles. The minimum Gasteiger partial charge on any atom is -0.347 e. The van der Waals surface area contributed by atoms with Crippen LogP contribution >= 0.6 is 11.3 Å². The second-order valence-corrected chi connectivity index (χ2v) is 7.25. The first kappa shape index (κ1) is 20.3. The molecule has 0 aliphatic rings. The number of carbonyl (C=O) groups is 3. The molecule has 0 atom stereocenters. The SMILES string of the molecule is CC(=O)c1sc(NC(=O)CNC(=O)Cc2cccc(F)c2)nc1-c1ccccc1. The summed E-state index contributed by atoms with van der Waals surface area (Å²) in [6, 6.07) is 14.9. The van der Waals surface area contributed by atoms with Crippen molar-refractivity contribution in [3.05, 3.63) is 70.9 Å². The summed E-state index contributed by atoms with van der Waals surface area (Å²) in [5, 5.41) is 5.36. The number of carbonyl (C=O) groups excluding carboxylic acids is 3. The van der Waals surface area contributed by atoms with E-state index in [1.54, 1.807) is 6.07 Å². The molecule has 0 aliphatic carbocycles. The monoisotopic (exact) mass is 411 g/mol. The normalized spacial score (nSPS) is 10.4. The number of aromatic nitrogens is 1. The molecule has 1 aromatic heterocycles. The number of nitrogens with one attached hydrogen (secondary N) is 2. The smallest absolute Gasteiger partial charge is 0.245 e. The molecule has 29 heavy (non-hydrogen) atoms. The van der Waals surface area contributed by atoms with E-state index in [2.05, 4.69) is 15.6 Å². The van der Waals surface area contributed by atoms with Crippen LogP contribution in [0.3, 0.4) is 0 Å². The number of anilines is 1. The van der Waals surface area contributed by atoms with Crippen molar-refractivity contribution < 1.29 is 18.8 Å². The average molecular weight is 411 g/mol. The summed E-state index contributed by atoms with van der Waals surface area (Å²) >= 11 is 1.08. The molecule has 148 valence electrons. The van der Waals surface area contributed by atoms with Crippen molar-refractivity contribution >= 4 is 34.1 Å². The molecule has 0 fully saturated rings. The lowest BCUT2D eigenvalue weighted by Crippen LogP contribution is -2.33. The van der Waals surface area contributed by atoms with Gasteiger partial charge in [-0.25, -0.2) is 9.37 Å². The number of thiazole rings is 1. The summed E-state index contributed by atoms with van der Waals surface area (Å²) in [5.74, 6) is -1.45. The van der Waals surface area contributed by atoms with E-state index >= 15 is 0 Å². The molecular formula is C21H18FN3O3S. The second-order valence-electron chi connectivity index (χ2n) is 6.25. The number of hydrogen-bond acceptors (Lipinski definition) is 5. The number of halogens is 1. The van der Waals surface area contributed by atoms with E-state index in [1.807, 2.05) is 30.3 Å². The molecule has 0 saturated heterocycles. The lowest BCUT2D eigenvalue weighted by atomic mass is 10.1. The van der Waals surface area contributed by atoms with Crippen molar-refractivity contribution in [2.45, 2.75) is 13.3 Å². The van der Waals surface area contributed by atoms with Gasteiger partial charge in [-0.05, 0) is 17.7 Å². The van der Waals surface area contributed by atoms with Gasteiger partial charge in [-0.15, -0.1) is 0 Å². The van der Waals surface area contributed by atoms with Crippen molar-refractivity contribution in [2.75, 3.05) is 11.9 Å². The van der Waals surface area contributed by atoms with E-state index in [4.69, 9.17) is 0 Å². The minimum atomic E-state index is -0.471. The molecule has 6 nitrogen and oxygen atoms in total. The molecule has 0 bridgehead atoms. The Kier molecular flexibility index (Phi) is 6.46. The van der Waals surface area contributed by atoms with E-state index < -0.39 is 17.6 Å². The third-order valence-corrected chi connectivity index (χ3v) is 5.01. The third-order valence-electron chi connectivity index (χ3n) is 3.94. The predicted octanol–water partition coefficient (Wildman–Crippen LogP) is 3.45. The van der Waals surface area contributed by atoms with Crippen LogP contribution in [-0.4, -0.2) is 29.1 Å². The van der Waals surface area contributed by atoms with E-state index in [0.717, 1.165) is 16.9 Å². The summed E-state index contributed by atoms with van der Waals surface area (Å²) < 4.78 is 13.2. The quantitative estimate of drug-likeness (QED) is 0.583. The lowest BCUT2D eigenvalue weighted by Gasteiger charge is -2.05. The summed E-state index contributed by atoms with van der Waals surface area (Å²) in [4.78, 5) is 40.8. The van der Waals surface area contributed by atoms with Crippen LogP contribution < -0.4 is 10.6 Å². The lowest BCUT2D eigenvalue weighted by molar-refractivity contribution is -0.123. The minimum absolute atomic E-state index is 0.0328. The molecule has 0 spiro atoms. The number of rotatable bonds is 7. The summed E-state index contributed by atoms with van der Waals surface area (Å²) in [6.07, 6.45) is -0.0328. The van der Waals surface area contributed by atoms with Gasteiger partial charge in [-0.1, -0.05) is 53.8 Å². The van der Waals surface area contributed by atoms with Crippen LogP contribution in [0.4, 0.5) is 9.52 Å². The summed E-state index contributed by atoms with van der Waals surface area (Å²) in [7, 11) is 0. The maximum atomic E-state index is 13.2. The fourth-order valence-corrected chi connectivity index (χ4v) is 3.54. The molecule has 0 aliphatic heterocycles. The fraction of sp³-hybridized carbons (Fsp3) is 0.143. The van der Waals surface area contributed by atoms with Crippen molar-refractivity contribution in [1.82, 2.24) is 10.3 Å². The standard InChI is InChI=1S/C21H18FN3O3S/c1-13(26)20-19(15-7-3-2-4-8-15)25-21(29-20)24-18(28)12-23-17(27)11-14-6-5-9-16(22)10-14/h2-10H,11-12H2,1H3,(H,23,27)(H,24,25,28). The predicted molar refractivity (Wildman–Crippen MR) is 109 cm³/mol. The highest BCUT2D eigenvalue weighted by Crippen LogP contribution is 2.31. The van der Waals surface area contributed by atoms with Gasteiger partial charge in [0.1, 0.15) is 5.82 Å². The molecular weight excluding hydrogens is 393 g/mol. The number of Topliss-reactive ketones (excluding diaryl/α,β-unsaturated/α-hetero) is 1. The number of amides is 2. The van der Waals surface area contributed by atoms with Crippen LogP contribution in [0, 0.1) is 5.82 Å². The van der Waals surface area contributed by atoms with Gasteiger partial charge in [0.15, 0.2) is 10.9 Å². The Morgan fingerprint density at radius 2 is 1.79 bits per heavy atom. The molecule has 2 aromatic carbocycles. The highest BCUT2D eigenvalue weighted by molar-refractivity contribution is 7.18. The first-order valence-corrected chi connectivity index (χ1v) is 9.62. The molecule has 8 heteroatoms. The first-order chi connectivity index (χ1) is 13.9. The Balaban J connectivity index is 1.60. The van der Waals surface area contributed by atoms with Gasteiger partial charge in [-0.2, -0.15) is 0 Å². The zero-order valence-electron chi connectivity index (χ0n) is 15.6. The molecule has 3 aromatic rings. The third kappa shape index (κ3) is 5.55. The van der Waals surface area contributed by atoms with Gasteiger partial charge in [0.05, 0.1) is 23.5 Å². The van der Waals surface area contributed by atoms with Gasteiger partial charge in [0.25, 0.3) is 0 Å². The Labute approximate surface area is 170 Å². The van der Waals surface area contributed by atoms with Crippen LogP contribution in [0.15, 0.2) is 54.6 Å². The van der Waals surface area contributed by atoms with Gasteiger partial charge < -0.3 is 10.6 Å². The zero-order chi connectivity index (χ0) is 20.8. The van der Waals surface area contributed by atoms with Crippen LogP contribution in [0.1, 0.15) is 22.2 Å². The van der Waals surface area contributed by atoms with Gasteiger partial charge in [0, 0.05) is 12.5 Å². The van der Waals surface area contributed by atoms with Crippen LogP contribution in [0.2, 0.25) is 0 Å². The molecule has 0 unspecified atom stereocenters. The second kappa shape index (κ2) is 9.20. The molecule has 3 rings (SSSR count). The van der Waals surface area contributed by atoms with E-state index in [0.29, 0.717) is 16.1 Å². The highest BCUT2D eigenvalue weighted by atomic mass is 32.1. The Morgan fingerprint density at radius 1 is 1.03 bits per heavy atom. The Hall–Kier alpha value is -3.39. The average Bonchev–Trinajstić information content (AvgIpc) is 3.11. The Morgan fingerprint density at radius 3 is 2.48 bits per heavy atom. The number of nitrogens with zero attached hydrogens (tertiary/aromatic N) is 1. The first-order valence-electron chi connectivity index (χ1n) is 8.80. The van der Waals surface area contributed by atoms with Crippen molar-refractivity contribution in [3.63, 3.8) is 0 Å². The number of benzene rings is 2. The zero-order valence-corrected chi connectivity index (χ0v) is 16.4. The van der Waals surface area contributed by atoms with Gasteiger partial charge in [-0.3, -0.25) is 14.4 Å². The fourth-order valence-electron chi connectivity index (χ4n) is 2.64. The largest absolute Gasteiger partial charge is 0.347 e. The van der Waals surface area contributed by atoms with E-state index in [9.17, 15) is 18.8 Å². The molecule has 2 N–H and O–H groups in total. The van der Waals surface area contributed by atoms with Crippen molar-refractivity contribution in [3.8, 4) is 11.3 Å². The van der Waals surface area contributed by atoms with Crippen LogP contribution in [0.25, 0.3) is 11.3 Å². The number of ketones is 1. The van der Waals surface area contributed by atoms with Crippen LogP contribution in [-0.2, 0) is 16.0 Å². The highest BCUT2D eigenvalue weighted by Gasteiger charge is 2.18. The van der Waals surface area contributed by atoms with E-state index in [1.165, 1.54) is 25.1 Å². The van der Waals surface area contributed by atoms with Crippen molar-refractivity contribution in [1.29, 1.82) is 0 Å².